The highest BCUT2D eigenvalue weighted by molar-refractivity contribution is 7.80. The topological polar surface area (TPSA) is 58.5 Å². The van der Waals surface area contributed by atoms with Crippen molar-refractivity contribution in [2.24, 2.45) is 5.10 Å². The van der Waals surface area contributed by atoms with E-state index in [-0.39, 0.29) is 6.10 Å². The second-order valence-corrected chi connectivity index (χ2v) is 4.80. The lowest BCUT2D eigenvalue weighted by Crippen LogP contribution is -2.37. The summed E-state index contributed by atoms with van der Waals surface area (Å²) in [6.07, 6.45) is 5.99. The molecule has 0 aliphatic carbocycles. The van der Waals surface area contributed by atoms with Crippen molar-refractivity contribution in [3.8, 4) is 0 Å². The fraction of sp³-hybridized carbons (Fsp3) is 0.462. The van der Waals surface area contributed by atoms with Crippen LogP contribution in [0.25, 0.3) is 0 Å². The van der Waals surface area contributed by atoms with Gasteiger partial charge in [0.1, 0.15) is 0 Å². The van der Waals surface area contributed by atoms with Crippen molar-refractivity contribution in [2.75, 3.05) is 13.2 Å². The van der Waals surface area contributed by atoms with Crippen LogP contribution in [0.5, 0.6) is 0 Å². The monoisotopic (exact) mass is 278 g/mol. The van der Waals surface area contributed by atoms with Gasteiger partial charge in [0.2, 0.25) is 0 Å². The van der Waals surface area contributed by atoms with E-state index >= 15 is 0 Å². The van der Waals surface area contributed by atoms with Crippen LogP contribution >= 0.6 is 12.2 Å². The Bertz CT molecular complexity index is 443. The SMILES string of the molecule is C/C(=N/NC(=S)NC[C@@H]1CCCO1)c1cccnc1. The zero-order chi connectivity index (χ0) is 13.5. The number of rotatable bonds is 4. The van der Waals surface area contributed by atoms with Gasteiger partial charge < -0.3 is 10.1 Å². The standard InChI is InChI=1S/C13H18N4OS/c1-10(11-4-2-6-14-8-11)16-17-13(19)15-9-12-5-3-7-18-12/h2,4,6,8,12H,3,5,7,9H2,1H3,(H2,15,17,19)/b16-10-/t12-/m0/s1. The van der Waals surface area contributed by atoms with Gasteiger partial charge in [0.15, 0.2) is 5.11 Å². The molecule has 2 heterocycles. The van der Waals surface area contributed by atoms with E-state index in [1.54, 1.807) is 12.4 Å². The van der Waals surface area contributed by atoms with Gasteiger partial charge in [-0.05, 0) is 38.0 Å². The molecule has 1 fully saturated rings. The van der Waals surface area contributed by atoms with Gasteiger partial charge >= 0.3 is 0 Å². The van der Waals surface area contributed by atoms with Gasteiger partial charge in [-0.2, -0.15) is 5.10 Å². The average Bonchev–Trinajstić information content (AvgIpc) is 2.96. The lowest BCUT2D eigenvalue weighted by molar-refractivity contribution is 0.114. The number of nitrogens with one attached hydrogen (secondary N) is 2. The third kappa shape index (κ3) is 4.57. The molecule has 2 N–H and O–H groups in total. The molecular weight excluding hydrogens is 260 g/mol. The first-order valence-corrected chi connectivity index (χ1v) is 6.76. The van der Waals surface area contributed by atoms with Gasteiger partial charge in [-0.1, -0.05) is 6.07 Å². The smallest absolute Gasteiger partial charge is 0.187 e. The highest BCUT2D eigenvalue weighted by Gasteiger charge is 2.14. The number of ether oxygens (including phenoxy) is 1. The first-order chi connectivity index (χ1) is 9.25. The van der Waals surface area contributed by atoms with Crippen LogP contribution in [0.1, 0.15) is 25.3 Å². The van der Waals surface area contributed by atoms with Crippen LogP contribution in [-0.4, -0.2) is 35.1 Å². The molecule has 19 heavy (non-hydrogen) atoms. The maximum absolute atomic E-state index is 5.50. The summed E-state index contributed by atoms with van der Waals surface area (Å²) in [5.74, 6) is 0. The molecule has 1 aromatic rings. The molecule has 0 bridgehead atoms. The average molecular weight is 278 g/mol. The Morgan fingerprint density at radius 2 is 2.53 bits per heavy atom. The Morgan fingerprint density at radius 1 is 1.63 bits per heavy atom. The molecule has 1 aromatic heterocycles. The Labute approximate surface area is 118 Å². The minimum Gasteiger partial charge on any atom is -0.376 e. The van der Waals surface area contributed by atoms with Crippen LogP contribution in [0.2, 0.25) is 0 Å². The molecule has 0 aromatic carbocycles. The molecule has 0 unspecified atom stereocenters. The molecule has 5 nitrogen and oxygen atoms in total. The summed E-state index contributed by atoms with van der Waals surface area (Å²) in [6, 6.07) is 3.83. The third-order valence-corrected chi connectivity index (χ3v) is 3.15. The number of nitrogens with zero attached hydrogens (tertiary/aromatic N) is 2. The maximum Gasteiger partial charge on any atom is 0.187 e. The van der Waals surface area contributed by atoms with Crippen molar-refractivity contribution in [1.82, 2.24) is 15.7 Å². The van der Waals surface area contributed by atoms with Crippen molar-refractivity contribution >= 4 is 23.0 Å². The first kappa shape index (κ1) is 13.9. The second kappa shape index (κ2) is 7.16. The molecule has 0 radical (unpaired) electrons. The van der Waals surface area contributed by atoms with Gasteiger partial charge in [-0.25, -0.2) is 0 Å². The van der Waals surface area contributed by atoms with E-state index in [1.165, 1.54) is 0 Å². The van der Waals surface area contributed by atoms with E-state index in [0.29, 0.717) is 5.11 Å². The Balaban J connectivity index is 1.76. The van der Waals surface area contributed by atoms with Crippen LogP contribution in [0.3, 0.4) is 0 Å². The fourth-order valence-electron chi connectivity index (χ4n) is 1.83. The highest BCUT2D eigenvalue weighted by Crippen LogP contribution is 2.10. The quantitative estimate of drug-likeness (QED) is 0.496. The zero-order valence-electron chi connectivity index (χ0n) is 10.9. The Hall–Kier alpha value is -1.53. The molecule has 1 atom stereocenters. The van der Waals surface area contributed by atoms with E-state index in [2.05, 4.69) is 20.8 Å². The van der Waals surface area contributed by atoms with E-state index in [1.807, 2.05) is 19.1 Å². The molecule has 1 saturated heterocycles. The molecule has 0 spiro atoms. The number of hydrazone groups is 1. The molecule has 1 aliphatic heterocycles. The third-order valence-electron chi connectivity index (χ3n) is 2.92. The van der Waals surface area contributed by atoms with Crippen LogP contribution in [0.4, 0.5) is 0 Å². The minimum absolute atomic E-state index is 0.267. The minimum atomic E-state index is 0.267. The number of hydrogen-bond donors (Lipinski definition) is 2. The number of hydrogen-bond acceptors (Lipinski definition) is 4. The van der Waals surface area contributed by atoms with E-state index in [4.69, 9.17) is 17.0 Å². The summed E-state index contributed by atoms with van der Waals surface area (Å²) in [5, 5.41) is 7.84. The summed E-state index contributed by atoms with van der Waals surface area (Å²) in [4.78, 5) is 4.05. The molecule has 0 amide bonds. The zero-order valence-corrected chi connectivity index (χ0v) is 11.7. The summed E-state index contributed by atoms with van der Waals surface area (Å²) >= 11 is 5.16. The predicted molar refractivity (Wildman–Crippen MR) is 79.2 cm³/mol. The molecule has 102 valence electrons. The summed E-state index contributed by atoms with van der Waals surface area (Å²) in [6.45, 7) is 3.49. The van der Waals surface area contributed by atoms with Crippen molar-refractivity contribution in [1.29, 1.82) is 0 Å². The van der Waals surface area contributed by atoms with Gasteiger partial charge in [-0.15, -0.1) is 0 Å². The molecule has 2 rings (SSSR count). The van der Waals surface area contributed by atoms with Gasteiger partial charge in [0.05, 0.1) is 11.8 Å². The Morgan fingerprint density at radius 3 is 3.21 bits per heavy atom. The van der Waals surface area contributed by atoms with Crippen LogP contribution in [0, 0.1) is 0 Å². The van der Waals surface area contributed by atoms with Crippen LogP contribution in [-0.2, 0) is 4.74 Å². The normalized spacial score (nSPS) is 19.2. The number of thiocarbonyl (C=S) groups is 1. The van der Waals surface area contributed by atoms with E-state index in [9.17, 15) is 0 Å². The summed E-state index contributed by atoms with van der Waals surface area (Å²) < 4.78 is 5.50. The molecule has 6 heteroatoms. The maximum atomic E-state index is 5.50. The lowest BCUT2D eigenvalue weighted by Gasteiger charge is -2.12. The summed E-state index contributed by atoms with van der Waals surface area (Å²) in [5.41, 5.74) is 4.64. The molecular formula is C13H18N4OS. The number of pyridine rings is 1. The van der Waals surface area contributed by atoms with Crippen molar-refractivity contribution in [3.63, 3.8) is 0 Å². The van der Waals surface area contributed by atoms with E-state index in [0.717, 1.165) is 37.3 Å². The van der Waals surface area contributed by atoms with Gasteiger partial charge in [0.25, 0.3) is 0 Å². The van der Waals surface area contributed by atoms with Gasteiger partial charge in [0, 0.05) is 31.1 Å². The largest absolute Gasteiger partial charge is 0.376 e. The van der Waals surface area contributed by atoms with Crippen LogP contribution < -0.4 is 10.7 Å². The number of aromatic nitrogens is 1. The fourth-order valence-corrected chi connectivity index (χ4v) is 1.96. The molecule has 1 aliphatic rings. The lowest BCUT2D eigenvalue weighted by atomic mass is 10.2. The van der Waals surface area contributed by atoms with Crippen molar-refractivity contribution < 1.29 is 4.74 Å². The predicted octanol–water partition coefficient (Wildman–Crippen LogP) is 1.45. The first-order valence-electron chi connectivity index (χ1n) is 6.36. The van der Waals surface area contributed by atoms with Crippen molar-refractivity contribution in [2.45, 2.75) is 25.9 Å². The van der Waals surface area contributed by atoms with E-state index < -0.39 is 0 Å². The highest BCUT2D eigenvalue weighted by atomic mass is 32.1. The second-order valence-electron chi connectivity index (χ2n) is 4.40. The Kier molecular flexibility index (Phi) is 5.23. The van der Waals surface area contributed by atoms with Gasteiger partial charge in [-0.3, -0.25) is 10.4 Å². The molecule has 0 saturated carbocycles. The van der Waals surface area contributed by atoms with Crippen molar-refractivity contribution in [3.05, 3.63) is 30.1 Å². The van der Waals surface area contributed by atoms with Crippen LogP contribution in [0.15, 0.2) is 29.6 Å². The summed E-state index contributed by atoms with van der Waals surface area (Å²) in [7, 11) is 0.